The predicted octanol–water partition coefficient (Wildman–Crippen LogP) is 2.89. The molecule has 0 bridgehead atoms. The lowest BCUT2D eigenvalue weighted by Crippen LogP contribution is -2.23. The van der Waals surface area contributed by atoms with Gasteiger partial charge in [0.15, 0.2) is 0 Å². The van der Waals surface area contributed by atoms with Crippen LogP contribution in [0.25, 0.3) is 0 Å². The van der Waals surface area contributed by atoms with Crippen LogP contribution in [0.5, 0.6) is 0 Å². The number of nitriles is 1. The smallest absolute Gasteiger partial charge is 0.137 e. The molecule has 1 aromatic heterocycles. The first-order valence-electron chi connectivity index (χ1n) is 5.47. The SMILES string of the molecule is CN(CCC#N)c1cc(Br)nc(C(C)(C)C)n1. The van der Waals surface area contributed by atoms with E-state index in [-0.39, 0.29) is 5.41 Å². The highest BCUT2D eigenvalue weighted by Crippen LogP contribution is 2.23. The van der Waals surface area contributed by atoms with Crippen molar-refractivity contribution in [3.8, 4) is 6.07 Å². The van der Waals surface area contributed by atoms with Gasteiger partial charge in [0.05, 0.1) is 12.5 Å². The van der Waals surface area contributed by atoms with Gasteiger partial charge in [0, 0.05) is 25.1 Å². The predicted molar refractivity (Wildman–Crippen MR) is 71.9 cm³/mol. The van der Waals surface area contributed by atoms with Crippen molar-refractivity contribution >= 4 is 21.7 Å². The van der Waals surface area contributed by atoms with Gasteiger partial charge in [0.1, 0.15) is 16.2 Å². The maximum atomic E-state index is 8.58. The van der Waals surface area contributed by atoms with Crippen LogP contribution in [0.2, 0.25) is 0 Å². The number of anilines is 1. The Bertz CT molecular complexity index is 431. The quantitative estimate of drug-likeness (QED) is 0.805. The van der Waals surface area contributed by atoms with E-state index in [1.807, 2.05) is 18.0 Å². The van der Waals surface area contributed by atoms with Gasteiger partial charge in [-0.25, -0.2) is 9.97 Å². The van der Waals surface area contributed by atoms with Gasteiger partial charge in [-0.1, -0.05) is 20.8 Å². The molecule has 0 fully saturated rings. The molecule has 0 atom stereocenters. The average molecular weight is 297 g/mol. The van der Waals surface area contributed by atoms with Gasteiger partial charge in [-0.3, -0.25) is 0 Å². The van der Waals surface area contributed by atoms with Crippen LogP contribution in [0.1, 0.15) is 33.0 Å². The van der Waals surface area contributed by atoms with Gasteiger partial charge in [-0.05, 0) is 15.9 Å². The van der Waals surface area contributed by atoms with Crippen molar-refractivity contribution in [3.05, 3.63) is 16.5 Å². The van der Waals surface area contributed by atoms with Crippen molar-refractivity contribution in [3.63, 3.8) is 0 Å². The highest BCUT2D eigenvalue weighted by molar-refractivity contribution is 9.10. The molecule has 4 nitrogen and oxygen atoms in total. The third kappa shape index (κ3) is 3.97. The molecule has 0 N–H and O–H groups in total. The Labute approximate surface area is 111 Å². The van der Waals surface area contributed by atoms with Crippen LogP contribution in [0.15, 0.2) is 10.7 Å². The summed E-state index contributed by atoms with van der Waals surface area (Å²) in [6.45, 7) is 6.90. The van der Waals surface area contributed by atoms with Crippen LogP contribution < -0.4 is 4.90 Å². The topological polar surface area (TPSA) is 52.8 Å². The zero-order valence-corrected chi connectivity index (χ0v) is 12.2. The third-order valence-corrected chi connectivity index (χ3v) is 2.71. The zero-order chi connectivity index (χ0) is 13.1. The third-order valence-electron chi connectivity index (χ3n) is 2.30. The van der Waals surface area contributed by atoms with E-state index in [0.29, 0.717) is 13.0 Å². The second-order valence-corrected chi connectivity index (χ2v) is 5.76. The van der Waals surface area contributed by atoms with Crippen LogP contribution in [0.4, 0.5) is 5.82 Å². The molecule has 0 aromatic carbocycles. The molecular formula is C12H17BrN4. The fourth-order valence-corrected chi connectivity index (χ4v) is 1.64. The second-order valence-electron chi connectivity index (χ2n) is 4.95. The number of hydrogen-bond donors (Lipinski definition) is 0. The van der Waals surface area contributed by atoms with Gasteiger partial charge >= 0.3 is 0 Å². The highest BCUT2D eigenvalue weighted by Gasteiger charge is 2.19. The lowest BCUT2D eigenvalue weighted by molar-refractivity contribution is 0.543. The molecule has 5 heteroatoms. The van der Waals surface area contributed by atoms with E-state index in [0.717, 1.165) is 16.2 Å². The van der Waals surface area contributed by atoms with Gasteiger partial charge < -0.3 is 4.90 Å². The number of rotatable bonds is 3. The Morgan fingerprint density at radius 1 is 1.41 bits per heavy atom. The van der Waals surface area contributed by atoms with Crippen molar-refractivity contribution in [2.45, 2.75) is 32.6 Å². The molecule has 0 aliphatic carbocycles. The molecule has 0 unspecified atom stereocenters. The average Bonchev–Trinajstić information content (AvgIpc) is 2.23. The number of hydrogen-bond acceptors (Lipinski definition) is 4. The standard InChI is InChI=1S/C12H17BrN4/c1-12(2,3)11-15-9(13)8-10(16-11)17(4)7-5-6-14/h8H,5,7H2,1-4H3. The number of aromatic nitrogens is 2. The fraction of sp³-hybridized carbons (Fsp3) is 0.583. The number of halogens is 1. The molecule has 0 saturated heterocycles. The summed E-state index contributed by atoms with van der Waals surface area (Å²) in [5, 5.41) is 8.58. The molecule has 17 heavy (non-hydrogen) atoms. The molecule has 92 valence electrons. The Kier molecular flexibility index (Phi) is 4.47. The first-order valence-corrected chi connectivity index (χ1v) is 6.27. The molecule has 0 saturated carbocycles. The zero-order valence-electron chi connectivity index (χ0n) is 10.7. The van der Waals surface area contributed by atoms with E-state index < -0.39 is 0 Å². The molecule has 0 spiro atoms. The van der Waals surface area contributed by atoms with Crippen LogP contribution in [0.3, 0.4) is 0 Å². The minimum absolute atomic E-state index is 0.0887. The molecule has 0 aliphatic rings. The van der Waals surface area contributed by atoms with E-state index in [1.54, 1.807) is 0 Å². The van der Waals surface area contributed by atoms with Crippen molar-refractivity contribution in [2.75, 3.05) is 18.5 Å². The molecule has 0 aliphatic heterocycles. The van der Waals surface area contributed by atoms with E-state index in [4.69, 9.17) is 5.26 Å². The van der Waals surface area contributed by atoms with Gasteiger partial charge in [-0.15, -0.1) is 0 Å². The Hall–Kier alpha value is -1.15. The molecule has 0 amide bonds. The highest BCUT2D eigenvalue weighted by atomic mass is 79.9. The van der Waals surface area contributed by atoms with Crippen molar-refractivity contribution in [2.24, 2.45) is 0 Å². The molecule has 1 aromatic rings. The summed E-state index contributed by atoms with van der Waals surface area (Å²) in [5.41, 5.74) is -0.0887. The second kappa shape index (κ2) is 5.46. The van der Waals surface area contributed by atoms with Crippen molar-refractivity contribution in [1.29, 1.82) is 5.26 Å². The van der Waals surface area contributed by atoms with Crippen LogP contribution >= 0.6 is 15.9 Å². The largest absolute Gasteiger partial charge is 0.359 e. The van der Waals surface area contributed by atoms with Crippen molar-refractivity contribution < 1.29 is 0 Å². The van der Waals surface area contributed by atoms with E-state index in [1.165, 1.54) is 0 Å². The summed E-state index contributed by atoms with van der Waals surface area (Å²) in [7, 11) is 1.93. The molecular weight excluding hydrogens is 280 g/mol. The van der Waals surface area contributed by atoms with Gasteiger partial charge in [0.25, 0.3) is 0 Å². The Balaban J connectivity index is 3.02. The lowest BCUT2D eigenvalue weighted by Gasteiger charge is -2.21. The number of nitrogens with zero attached hydrogens (tertiary/aromatic N) is 4. The summed E-state index contributed by atoms with van der Waals surface area (Å²) in [4.78, 5) is 10.9. The van der Waals surface area contributed by atoms with E-state index in [9.17, 15) is 0 Å². The Morgan fingerprint density at radius 2 is 2.06 bits per heavy atom. The first kappa shape index (κ1) is 13.9. The van der Waals surface area contributed by atoms with Crippen LogP contribution in [-0.2, 0) is 5.41 Å². The molecule has 1 heterocycles. The normalized spacial score (nSPS) is 11.1. The van der Waals surface area contributed by atoms with Gasteiger partial charge in [-0.2, -0.15) is 5.26 Å². The summed E-state index contributed by atoms with van der Waals surface area (Å²) < 4.78 is 0.774. The van der Waals surface area contributed by atoms with Crippen LogP contribution in [-0.4, -0.2) is 23.6 Å². The van der Waals surface area contributed by atoms with Gasteiger partial charge in [0.2, 0.25) is 0 Å². The summed E-state index contributed by atoms with van der Waals surface area (Å²) in [6, 6.07) is 4.00. The first-order chi connectivity index (χ1) is 7.84. The minimum Gasteiger partial charge on any atom is -0.359 e. The fourth-order valence-electron chi connectivity index (χ4n) is 1.27. The summed E-state index contributed by atoms with van der Waals surface area (Å²) >= 11 is 3.40. The summed E-state index contributed by atoms with van der Waals surface area (Å²) in [5.74, 6) is 1.64. The monoisotopic (exact) mass is 296 g/mol. The molecule has 0 radical (unpaired) electrons. The van der Waals surface area contributed by atoms with E-state index in [2.05, 4.69) is 52.7 Å². The Morgan fingerprint density at radius 3 is 2.59 bits per heavy atom. The van der Waals surface area contributed by atoms with E-state index >= 15 is 0 Å². The summed E-state index contributed by atoms with van der Waals surface area (Å²) in [6.07, 6.45) is 0.489. The van der Waals surface area contributed by atoms with Crippen molar-refractivity contribution in [1.82, 2.24) is 9.97 Å². The lowest BCUT2D eigenvalue weighted by atomic mass is 9.96. The maximum Gasteiger partial charge on any atom is 0.137 e. The minimum atomic E-state index is -0.0887. The molecule has 1 rings (SSSR count). The van der Waals surface area contributed by atoms with Crippen LogP contribution in [0, 0.1) is 11.3 Å². The maximum absolute atomic E-state index is 8.58.